The van der Waals surface area contributed by atoms with E-state index in [4.69, 9.17) is 4.74 Å². The predicted octanol–water partition coefficient (Wildman–Crippen LogP) is 1.46. The molecule has 1 unspecified atom stereocenters. The summed E-state index contributed by atoms with van der Waals surface area (Å²) in [6.45, 7) is 7.35. The number of aromatic nitrogens is 3. The van der Waals surface area contributed by atoms with Crippen molar-refractivity contribution in [3.05, 3.63) is 47.0 Å². The van der Waals surface area contributed by atoms with Crippen LogP contribution in [0.15, 0.2) is 24.5 Å². The lowest BCUT2D eigenvalue weighted by Crippen LogP contribution is -2.46. The molecule has 3 rings (SSSR count). The number of aryl methyl sites for hydroxylation is 2. The van der Waals surface area contributed by atoms with Gasteiger partial charge in [0.1, 0.15) is 6.04 Å². The van der Waals surface area contributed by atoms with Gasteiger partial charge in [-0.1, -0.05) is 6.07 Å². The second-order valence-corrected chi connectivity index (χ2v) is 6.80. The van der Waals surface area contributed by atoms with Crippen molar-refractivity contribution in [2.45, 2.75) is 26.4 Å². The lowest BCUT2D eigenvalue weighted by molar-refractivity contribution is -0.138. The summed E-state index contributed by atoms with van der Waals surface area (Å²) in [7, 11) is 3.79. The number of carbonyl (C=O) groups is 1. The molecule has 1 atom stereocenters. The minimum Gasteiger partial charge on any atom is -0.379 e. The second-order valence-electron chi connectivity index (χ2n) is 6.80. The Morgan fingerprint density at radius 3 is 2.65 bits per heavy atom. The third kappa shape index (κ3) is 3.78. The van der Waals surface area contributed by atoms with Crippen LogP contribution in [-0.4, -0.2) is 63.8 Å². The molecule has 140 valence electrons. The Hall–Kier alpha value is -2.25. The lowest BCUT2D eigenvalue weighted by atomic mass is 10.0. The number of hydrogen-bond donors (Lipinski definition) is 0. The molecule has 0 saturated carbocycles. The summed E-state index contributed by atoms with van der Waals surface area (Å²) in [5.41, 5.74) is 4.08. The average Bonchev–Trinajstić information content (AvgIpc) is 2.89. The van der Waals surface area contributed by atoms with Crippen molar-refractivity contribution in [1.82, 2.24) is 24.6 Å². The summed E-state index contributed by atoms with van der Waals surface area (Å²) in [6.07, 6.45) is 3.52. The van der Waals surface area contributed by atoms with Gasteiger partial charge in [0.2, 0.25) is 5.91 Å². The fourth-order valence-corrected chi connectivity index (χ4v) is 3.45. The highest BCUT2D eigenvalue weighted by atomic mass is 16.5. The van der Waals surface area contributed by atoms with Crippen LogP contribution in [0.1, 0.15) is 28.6 Å². The van der Waals surface area contributed by atoms with Crippen LogP contribution >= 0.6 is 0 Å². The molecule has 2 aromatic rings. The Bertz CT molecular complexity index is 753. The molecule has 1 fully saturated rings. The van der Waals surface area contributed by atoms with E-state index in [1.54, 1.807) is 17.3 Å². The fraction of sp³-hybridized carbons (Fsp3) is 0.526. The van der Waals surface area contributed by atoms with E-state index in [1.165, 1.54) is 0 Å². The van der Waals surface area contributed by atoms with Crippen LogP contribution in [0.25, 0.3) is 0 Å². The van der Waals surface area contributed by atoms with Crippen LogP contribution in [0.3, 0.4) is 0 Å². The second kappa shape index (κ2) is 7.97. The summed E-state index contributed by atoms with van der Waals surface area (Å²) in [5, 5.41) is 4.46. The SMILES string of the molecule is Cc1nn(C)c(C)c1CN(C)C(=O)C(c1cccnc1)N1CCOCC1. The monoisotopic (exact) mass is 357 g/mol. The van der Waals surface area contributed by atoms with Gasteiger partial charge in [0.05, 0.1) is 18.9 Å². The van der Waals surface area contributed by atoms with E-state index in [-0.39, 0.29) is 11.9 Å². The van der Waals surface area contributed by atoms with Crippen LogP contribution in [0.5, 0.6) is 0 Å². The predicted molar refractivity (Wildman–Crippen MR) is 98.5 cm³/mol. The number of morpholine rings is 1. The summed E-state index contributed by atoms with van der Waals surface area (Å²) in [6, 6.07) is 3.51. The molecule has 0 aliphatic carbocycles. The summed E-state index contributed by atoms with van der Waals surface area (Å²) in [4.78, 5) is 21.6. The first-order valence-electron chi connectivity index (χ1n) is 8.94. The molecule has 0 radical (unpaired) electrons. The Kier molecular flexibility index (Phi) is 5.68. The van der Waals surface area contributed by atoms with E-state index in [9.17, 15) is 4.79 Å². The highest BCUT2D eigenvalue weighted by Gasteiger charge is 2.31. The van der Waals surface area contributed by atoms with Gasteiger partial charge in [-0.15, -0.1) is 0 Å². The van der Waals surface area contributed by atoms with Gasteiger partial charge in [0.25, 0.3) is 0 Å². The fourth-order valence-electron chi connectivity index (χ4n) is 3.45. The maximum atomic E-state index is 13.4. The van der Waals surface area contributed by atoms with Gasteiger partial charge in [-0.2, -0.15) is 5.10 Å². The van der Waals surface area contributed by atoms with Gasteiger partial charge in [-0.05, 0) is 25.5 Å². The maximum absolute atomic E-state index is 13.4. The molecule has 2 aromatic heterocycles. The van der Waals surface area contributed by atoms with Crippen LogP contribution < -0.4 is 0 Å². The van der Waals surface area contributed by atoms with E-state index in [0.717, 1.165) is 35.6 Å². The van der Waals surface area contributed by atoms with Crippen molar-refractivity contribution in [2.75, 3.05) is 33.4 Å². The van der Waals surface area contributed by atoms with Crippen LogP contribution in [0.4, 0.5) is 0 Å². The Morgan fingerprint density at radius 1 is 1.35 bits per heavy atom. The van der Waals surface area contributed by atoms with Gasteiger partial charge in [0.15, 0.2) is 0 Å². The van der Waals surface area contributed by atoms with Crippen molar-refractivity contribution in [3.8, 4) is 0 Å². The number of nitrogens with zero attached hydrogens (tertiary/aromatic N) is 5. The van der Waals surface area contributed by atoms with E-state index < -0.39 is 0 Å². The number of ether oxygens (including phenoxy) is 1. The molecular weight excluding hydrogens is 330 g/mol. The number of hydrogen-bond acceptors (Lipinski definition) is 5. The molecule has 0 spiro atoms. The summed E-state index contributed by atoms with van der Waals surface area (Å²) < 4.78 is 7.33. The number of pyridine rings is 1. The molecule has 3 heterocycles. The number of carbonyl (C=O) groups excluding carboxylic acids is 1. The van der Waals surface area contributed by atoms with Crippen molar-refractivity contribution in [3.63, 3.8) is 0 Å². The Labute approximate surface area is 154 Å². The topological polar surface area (TPSA) is 63.5 Å². The number of amides is 1. The third-order valence-electron chi connectivity index (χ3n) is 5.08. The zero-order valence-corrected chi connectivity index (χ0v) is 16.0. The first kappa shape index (κ1) is 18.5. The first-order chi connectivity index (χ1) is 12.5. The summed E-state index contributed by atoms with van der Waals surface area (Å²) in [5.74, 6) is 0.0718. The van der Waals surface area contributed by atoms with Gasteiger partial charge in [-0.3, -0.25) is 19.4 Å². The van der Waals surface area contributed by atoms with Crippen molar-refractivity contribution in [2.24, 2.45) is 7.05 Å². The first-order valence-corrected chi connectivity index (χ1v) is 8.94. The smallest absolute Gasteiger partial charge is 0.244 e. The van der Waals surface area contributed by atoms with E-state index >= 15 is 0 Å². The molecule has 7 nitrogen and oxygen atoms in total. The average molecular weight is 357 g/mol. The highest BCUT2D eigenvalue weighted by Crippen LogP contribution is 2.25. The quantitative estimate of drug-likeness (QED) is 0.811. The molecule has 1 amide bonds. The van der Waals surface area contributed by atoms with E-state index in [0.29, 0.717) is 19.8 Å². The van der Waals surface area contributed by atoms with Gasteiger partial charge in [-0.25, -0.2) is 0 Å². The summed E-state index contributed by atoms with van der Waals surface area (Å²) >= 11 is 0. The minimum absolute atomic E-state index is 0.0718. The molecule has 1 aliphatic heterocycles. The van der Waals surface area contributed by atoms with Gasteiger partial charge in [0, 0.05) is 57.4 Å². The van der Waals surface area contributed by atoms with Gasteiger partial charge >= 0.3 is 0 Å². The molecule has 0 aromatic carbocycles. The Morgan fingerprint density at radius 2 is 2.08 bits per heavy atom. The third-order valence-corrected chi connectivity index (χ3v) is 5.08. The molecule has 1 aliphatic rings. The zero-order chi connectivity index (χ0) is 18.7. The van der Waals surface area contributed by atoms with E-state index in [2.05, 4.69) is 15.0 Å². The van der Waals surface area contributed by atoms with Crippen molar-refractivity contribution >= 4 is 5.91 Å². The largest absolute Gasteiger partial charge is 0.379 e. The zero-order valence-electron chi connectivity index (χ0n) is 16.0. The molecule has 1 saturated heterocycles. The van der Waals surface area contributed by atoms with Crippen molar-refractivity contribution < 1.29 is 9.53 Å². The van der Waals surface area contributed by atoms with Crippen LogP contribution in [0.2, 0.25) is 0 Å². The van der Waals surface area contributed by atoms with Gasteiger partial charge < -0.3 is 9.64 Å². The number of rotatable bonds is 5. The van der Waals surface area contributed by atoms with Crippen LogP contribution in [-0.2, 0) is 23.1 Å². The Balaban J connectivity index is 1.84. The molecule has 0 N–H and O–H groups in total. The van der Waals surface area contributed by atoms with Crippen LogP contribution in [0, 0.1) is 13.8 Å². The van der Waals surface area contributed by atoms with Crippen molar-refractivity contribution in [1.29, 1.82) is 0 Å². The highest BCUT2D eigenvalue weighted by molar-refractivity contribution is 5.83. The standard InChI is InChI=1S/C19H27N5O2/c1-14-17(15(2)23(4)21-14)13-22(3)19(25)18(16-6-5-7-20-12-16)24-8-10-26-11-9-24/h5-7,12,18H,8-11,13H2,1-4H3. The number of likely N-dealkylation sites (N-methyl/N-ethyl adjacent to an activating group) is 1. The normalized spacial score (nSPS) is 16.5. The molecule has 26 heavy (non-hydrogen) atoms. The molecule has 0 bridgehead atoms. The minimum atomic E-state index is -0.338. The molecule has 7 heteroatoms. The molecular formula is C19H27N5O2. The lowest BCUT2D eigenvalue weighted by Gasteiger charge is -2.35. The van der Waals surface area contributed by atoms with E-state index in [1.807, 2.05) is 44.8 Å². The maximum Gasteiger partial charge on any atom is 0.244 e.